The summed E-state index contributed by atoms with van der Waals surface area (Å²) in [4.78, 5) is 28.0. The molecule has 1 aliphatic carbocycles. The molecular formula is C16H28ClN2O3-. The number of likely N-dealkylation sites (N-methyl/N-ethyl adjacent to an activating group) is 1. The second-order valence-electron chi connectivity index (χ2n) is 6.85. The molecule has 5 nitrogen and oxygen atoms in total. The van der Waals surface area contributed by atoms with Gasteiger partial charge in [-0.05, 0) is 38.3 Å². The van der Waals surface area contributed by atoms with Gasteiger partial charge >= 0.3 is 5.97 Å². The van der Waals surface area contributed by atoms with Crippen LogP contribution in [0.4, 0.5) is 0 Å². The van der Waals surface area contributed by atoms with Gasteiger partial charge in [-0.25, -0.2) is 0 Å². The van der Waals surface area contributed by atoms with Crippen molar-refractivity contribution in [1.29, 1.82) is 0 Å². The predicted molar refractivity (Wildman–Crippen MR) is 81.1 cm³/mol. The molecule has 2 rings (SSSR count). The molecule has 1 heterocycles. The smallest absolute Gasteiger partial charge is 0.303 e. The van der Waals surface area contributed by atoms with Crippen molar-refractivity contribution < 1.29 is 27.1 Å². The van der Waals surface area contributed by atoms with Crippen LogP contribution in [0.15, 0.2) is 0 Å². The molecule has 1 aliphatic heterocycles. The zero-order valence-electron chi connectivity index (χ0n) is 13.5. The van der Waals surface area contributed by atoms with E-state index in [0.29, 0.717) is 6.42 Å². The van der Waals surface area contributed by atoms with Gasteiger partial charge in [0.15, 0.2) is 0 Å². The van der Waals surface area contributed by atoms with Crippen LogP contribution in [0.2, 0.25) is 0 Å². The van der Waals surface area contributed by atoms with E-state index in [1.54, 1.807) is 0 Å². The van der Waals surface area contributed by atoms with E-state index in [2.05, 4.69) is 11.9 Å². The standard InChI is InChI=1S/C16H28N2O3.ClH/c1-17-8-5-9-18(11-10-17)14(19)12-16(13-15(20)21)6-3-2-4-7-16;/h2-13H2,1H3,(H,20,21);1H/p-1. The van der Waals surface area contributed by atoms with Gasteiger partial charge in [0, 0.05) is 26.1 Å². The third-order valence-corrected chi connectivity index (χ3v) is 5.04. The van der Waals surface area contributed by atoms with Gasteiger partial charge in [-0.3, -0.25) is 9.59 Å². The van der Waals surface area contributed by atoms with Crippen LogP contribution in [-0.4, -0.2) is 60.0 Å². The SMILES string of the molecule is CN1CCCN(C(=O)CC2(CC(=O)O)CCCCC2)CC1.[Cl-]. The first-order chi connectivity index (χ1) is 10.0. The molecule has 0 aromatic rings. The number of carboxylic acids is 1. The highest BCUT2D eigenvalue weighted by Crippen LogP contribution is 2.42. The van der Waals surface area contributed by atoms with Gasteiger partial charge in [0.1, 0.15) is 0 Å². The monoisotopic (exact) mass is 331 g/mol. The van der Waals surface area contributed by atoms with Crippen molar-refractivity contribution >= 4 is 11.9 Å². The van der Waals surface area contributed by atoms with Crippen molar-refractivity contribution in [2.24, 2.45) is 5.41 Å². The van der Waals surface area contributed by atoms with E-state index >= 15 is 0 Å². The minimum Gasteiger partial charge on any atom is -1.00 e. The highest BCUT2D eigenvalue weighted by molar-refractivity contribution is 5.78. The van der Waals surface area contributed by atoms with E-state index in [-0.39, 0.29) is 30.2 Å². The maximum Gasteiger partial charge on any atom is 0.303 e. The summed E-state index contributed by atoms with van der Waals surface area (Å²) in [5.41, 5.74) is -0.292. The Morgan fingerprint density at radius 2 is 1.64 bits per heavy atom. The van der Waals surface area contributed by atoms with Crippen molar-refractivity contribution in [2.75, 3.05) is 33.2 Å². The Balaban J connectivity index is 0.00000242. The Bertz CT molecular complexity index is 384. The summed E-state index contributed by atoms with van der Waals surface area (Å²) < 4.78 is 0. The van der Waals surface area contributed by atoms with Crippen LogP contribution in [0, 0.1) is 5.41 Å². The third-order valence-electron chi connectivity index (χ3n) is 5.04. The second-order valence-corrected chi connectivity index (χ2v) is 6.85. The van der Waals surface area contributed by atoms with Crippen LogP contribution in [0.5, 0.6) is 0 Å². The Kier molecular flexibility index (Phi) is 7.63. The summed E-state index contributed by atoms with van der Waals surface area (Å²) in [5, 5.41) is 9.20. The summed E-state index contributed by atoms with van der Waals surface area (Å²) in [7, 11) is 2.08. The molecule has 6 heteroatoms. The van der Waals surface area contributed by atoms with Crippen LogP contribution >= 0.6 is 0 Å². The first-order valence-corrected chi connectivity index (χ1v) is 8.19. The number of aliphatic carboxylic acids is 1. The van der Waals surface area contributed by atoms with Crippen LogP contribution in [0.1, 0.15) is 51.4 Å². The van der Waals surface area contributed by atoms with E-state index in [1.807, 2.05) is 4.90 Å². The minimum atomic E-state index is -0.764. The van der Waals surface area contributed by atoms with Gasteiger partial charge in [-0.1, -0.05) is 19.3 Å². The van der Waals surface area contributed by atoms with Gasteiger partial charge in [0.05, 0.1) is 6.42 Å². The number of rotatable bonds is 4. The van der Waals surface area contributed by atoms with Crippen molar-refractivity contribution in [3.63, 3.8) is 0 Å². The Hall–Kier alpha value is -0.810. The van der Waals surface area contributed by atoms with E-state index in [0.717, 1.165) is 58.3 Å². The minimum absolute atomic E-state index is 0. The van der Waals surface area contributed by atoms with Crippen molar-refractivity contribution in [3.8, 4) is 0 Å². The quantitative estimate of drug-likeness (QED) is 0.715. The molecule has 0 unspecified atom stereocenters. The van der Waals surface area contributed by atoms with Crippen LogP contribution in [0.3, 0.4) is 0 Å². The summed E-state index contributed by atoms with van der Waals surface area (Å²) in [6, 6.07) is 0. The van der Waals surface area contributed by atoms with Crippen LogP contribution in [-0.2, 0) is 9.59 Å². The summed E-state index contributed by atoms with van der Waals surface area (Å²) in [6.45, 7) is 3.53. The molecular weight excluding hydrogens is 304 g/mol. The average molecular weight is 332 g/mol. The van der Waals surface area contributed by atoms with Gasteiger partial charge < -0.3 is 27.3 Å². The fraction of sp³-hybridized carbons (Fsp3) is 0.875. The lowest BCUT2D eigenvalue weighted by molar-refractivity contribution is -0.142. The molecule has 0 spiro atoms. The third kappa shape index (κ3) is 5.43. The summed E-state index contributed by atoms with van der Waals surface area (Å²) in [6.07, 6.45) is 6.64. The largest absolute Gasteiger partial charge is 1.00 e. The number of halogens is 1. The van der Waals surface area contributed by atoms with E-state index in [9.17, 15) is 14.7 Å². The Morgan fingerprint density at radius 3 is 2.27 bits per heavy atom. The average Bonchev–Trinajstić information content (AvgIpc) is 2.63. The van der Waals surface area contributed by atoms with Crippen molar-refractivity contribution in [1.82, 2.24) is 9.80 Å². The lowest BCUT2D eigenvalue weighted by Gasteiger charge is -2.37. The highest BCUT2D eigenvalue weighted by atomic mass is 35.5. The number of amides is 1. The first kappa shape index (κ1) is 19.2. The fourth-order valence-corrected chi connectivity index (χ4v) is 3.77. The zero-order chi connectivity index (χ0) is 15.3. The van der Waals surface area contributed by atoms with Gasteiger partial charge in [-0.2, -0.15) is 0 Å². The lowest BCUT2D eigenvalue weighted by Crippen LogP contribution is -3.00. The van der Waals surface area contributed by atoms with Gasteiger partial charge in [0.25, 0.3) is 0 Å². The molecule has 0 bridgehead atoms. The Morgan fingerprint density at radius 1 is 0.955 bits per heavy atom. The molecule has 1 amide bonds. The van der Waals surface area contributed by atoms with Crippen LogP contribution in [0.25, 0.3) is 0 Å². The molecule has 2 aliphatic rings. The molecule has 1 saturated heterocycles. The molecule has 0 aromatic heterocycles. The molecule has 1 N–H and O–H groups in total. The maximum atomic E-state index is 12.6. The summed E-state index contributed by atoms with van der Waals surface area (Å²) >= 11 is 0. The Labute approximate surface area is 139 Å². The fourth-order valence-electron chi connectivity index (χ4n) is 3.77. The molecule has 1 saturated carbocycles. The van der Waals surface area contributed by atoms with Crippen molar-refractivity contribution in [2.45, 2.75) is 51.4 Å². The van der Waals surface area contributed by atoms with E-state index < -0.39 is 5.97 Å². The van der Waals surface area contributed by atoms with Gasteiger partial charge in [0.2, 0.25) is 5.91 Å². The highest BCUT2D eigenvalue weighted by Gasteiger charge is 2.37. The number of carbonyl (C=O) groups is 2. The normalized spacial score (nSPS) is 22.5. The number of carboxylic acid groups (broad SMARTS) is 1. The molecule has 0 radical (unpaired) electrons. The molecule has 22 heavy (non-hydrogen) atoms. The zero-order valence-corrected chi connectivity index (χ0v) is 14.3. The number of hydrogen-bond donors (Lipinski definition) is 1. The number of hydrogen-bond acceptors (Lipinski definition) is 3. The molecule has 0 atom stereocenters. The molecule has 2 fully saturated rings. The van der Waals surface area contributed by atoms with Crippen molar-refractivity contribution in [3.05, 3.63) is 0 Å². The summed E-state index contributed by atoms with van der Waals surface area (Å²) in [5.74, 6) is -0.603. The number of nitrogens with zero attached hydrogens (tertiary/aromatic N) is 2. The predicted octanol–water partition coefficient (Wildman–Crippen LogP) is -1.03. The molecule has 0 aromatic carbocycles. The van der Waals surface area contributed by atoms with E-state index in [4.69, 9.17) is 0 Å². The lowest BCUT2D eigenvalue weighted by atomic mass is 9.69. The first-order valence-electron chi connectivity index (χ1n) is 8.19. The van der Waals surface area contributed by atoms with E-state index in [1.165, 1.54) is 6.42 Å². The molecule has 128 valence electrons. The maximum absolute atomic E-state index is 12.6. The second kappa shape index (κ2) is 8.73. The topological polar surface area (TPSA) is 60.9 Å². The van der Waals surface area contributed by atoms with Gasteiger partial charge in [-0.15, -0.1) is 0 Å². The number of carbonyl (C=O) groups excluding carboxylic acids is 1. The van der Waals surface area contributed by atoms with Crippen LogP contribution < -0.4 is 12.4 Å².